The van der Waals surface area contributed by atoms with Crippen molar-refractivity contribution in [2.75, 3.05) is 31.4 Å². The van der Waals surface area contributed by atoms with E-state index < -0.39 is 11.6 Å². The average molecular weight is 544 g/mol. The molecule has 0 saturated carbocycles. The van der Waals surface area contributed by atoms with Gasteiger partial charge in [-0.1, -0.05) is 62.9 Å². The highest BCUT2D eigenvalue weighted by Gasteiger charge is 2.59. The number of hydrogen-bond acceptors (Lipinski definition) is 7. The number of thioether (sulfide) groups is 1. The summed E-state index contributed by atoms with van der Waals surface area (Å²) in [6, 6.07) is 14.3. The molecule has 0 aliphatic carbocycles. The van der Waals surface area contributed by atoms with Gasteiger partial charge >= 0.3 is 6.09 Å². The second kappa shape index (κ2) is 10.1. The number of methoxy groups -OCH3 is 1. The molecule has 8 nitrogen and oxygen atoms in total. The molecule has 0 unspecified atom stereocenters. The van der Waals surface area contributed by atoms with Gasteiger partial charge in [0.25, 0.3) is 0 Å². The topological polar surface area (TPSA) is 103 Å². The van der Waals surface area contributed by atoms with Crippen LogP contribution in [0.1, 0.15) is 50.4 Å². The first-order chi connectivity index (χ1) is 18.6. The van der Waals surface area contributed by atoms with Gasteiger partial charge in [-0.25, -0.2) is 14.8 Å². The number of fused-ring (bicyclic) bond motifs is 3. The molecule has 39 heavy (non-hydrogen) atoms. The Bertz CT molecular complexity index is 1510. The third-order valence-corrected chi connectivity index (χ3v) is 8.77. The molecule has 5 rings (SSSR count). The third kappa shape index (κ3) is 4.57. The van der Waals surface area contributed by atoms with Crippen LogP contribution in [0.5, 0.6) is 5.75 Å². The third-order valence-electron chi connectivity index (χ3n) is 8.22. The van der Waals surface area contributed by atoms with E-state index in [1.54, 1.807) is 12.0 Å². The summed E-state index contributed by atoms with van der Waals surface area (Å²) in [5, 5.41) is 23.2. The Kier molecular flexibility index (Phi) is 6.93. The molecule has 1 amide bonds. The van der Waals surface area contributed by atoms with Gasteiger partial charge in [0.2, 0.25) is 0 Å². The SMILES string of the molecule is COc1cc(/C=C/c2nc(SC)nc(N3C[C@@H]4CC[C@@](C(C)(C)C)(C3)N4C(=O)O)c2C#N)c2ccccc2c1. The minimum atomic E-state index is -0.880. The largest absolute Gasteiger partial charge is 0.497 e. The van der Waals surface area contributed by atoms with E-state index in [-0.39, 0.29) is 11.5 Å². The van der Waals surface area contributed by atoms with Crippen molar-refractivity contribution < 1.29 is 14.6 Å². The highest BCUT2D eigenvalue weighted by Crippen LogP contribution is 2.50. The van der Waals surface area contributed by atoms with E-state index in [2.05, 4.69) is 37.8 Å². The van der Waals surface area contributed by atoms with Crippen LogP contribution in [0.15, 0.2) is 41.6 Å². The molecule has 0 radical (unpaired) electrons. The molecular weight excluding hydrogens is 510 g/mol. The van der Waals surface area contributed by atoms with Crippen LogP contribution in [0.25, 0.3) is 22.9 Å². The number of amides is 1. The fraction of sp³-hybridized carbons (Fsp3) is 0.400. The Morgan fingerprint density at radius 3 is 2.69 bits per heavy atom. The van der Waals surface area contributed by atoms with Crippen molar-refractivity contribution in [1.82, 2.24) is 14.9 Å². The van der Waals surface area contributed by atoms with Crippen molar-refractivity contribution in [2.24, 2.45) is 5.41 Å². The number of rotatable bonds is 5. The molecule has 202 valence electrons. The zero-order valence-corrected chi connectivity index (χ0v) is 23.7. The van der Waals surface area contributed by atoms with E-state index >= 15 is 0 Å². The van der Waals surface area contributed by atoms with Crippen LogP contribution < -0.4 is 9.64 Å². The molecule has 3 heterocycles. The molecule has 0 spiro atoms. The number of nitriles is 1. The van der Waals surface area contributed by atoms with Crippen molar-refractivity contribution in [3.8, 4) is 11.8 Å². The highest BCUT2D eigenvalue weighted by atomic mass is 32.2. The Labute approximate surface area is 233 Å². The zero-order valence-electron chi connectivity index (χ0n) is 22.9. The monoisotopic (exact) mass is 543 g/mol. The van der Waals surface area contributed by atoms with Gasteiger partial charge in [-0.05, 0) is 59.1 Å². The van der Waals surface area contributed by atoms with E-state index in [1.807, 2.05) is 48.7 Å². The number of hydrogen-bond donors (Lipinski definition) is 1. The smallest absolute Gasteiger partial charge is 0.408 e. The quantitative estimate of drug-likeness (QED) is 0.302. The van der Waals surface area contributed by atoms with Crippen LogP contribution >= 0.6 is 11.8 Å². The predicted molar refractivity (Wildman–Crippen MR) is 155 cm³/mol. The lowest BCUT2D eigenvalue weighted by molar-refractivity contribution is 0.00521. The Balaban J connectivity index is 1.60. The molecule has 2 fully saturated rings. The van der Waals surface area contributed by atoms with Crippen LogP contribution in [0.2, 0.25) is 0 Å². The molecule has 2 atom stereocenters. The van der Waals surface area contributed by atoms with Gasteiger partial charge < -0.3 is 14.7 Å². The molecule has 2 bridgehead atoms. The number of carboxylic acid groups (broad SMARTS) is 1. The summed E-state index contributed by atoms with van der Waals surface area (Å²) < 4.78 is 5.52. The minimum Gasteiger partial charge on any atom is -0.497 e. The number of anilines is 1. The van der Waals surface area contributed by atoms with Crippen LogP contribution in [0.3, 0.4) is 0 Å². The lowest BCUT2D eigenvalue weighted by Gasteiger charge is -2.54. The molecule has 9 heteroatoms. The van der Waals surface area contributed by atoms with Crippen LogP contribution in [0, 0.1) is 16.7 Å². The number of aromatic nitrogens is 2. The fourth-order valence-corrected chi connectivity index (χ4v) is 6.54. The number of benzene rings is 2. The lowest BCUT2D eigenvalue weighted by Crippen LogP contribution is -2.68. The van der Waals surface area contributed by atoms with Gasteiger partial charge in [-0.3, -0.25) is 4.90 Å². The van der Waals surface area contributed by atoms with Gasteiger partial charge in [0.05, 0.1) is 24.4 Å². The van der Waals surface area contributed by atoms with E-state index in [1.165, 1.54) is 11.8 Å². The summed E-state index contributed by atoms with van der Waals surface area (Å²) in [5.41, 5.74) is 1.02. The number of nitrogens with zero attached hydrogens (tertiary/aromatic N) is 5. The average Bonchev–Trinajstić information content (AvgIpc) is 3.18. The summed E-state index contributed by atoms with van der Waals surface area (Å²) in [6.45, 7) is 7.26. The second-order valence-corrected chi connectivity index (χ2v) is 12.0. The Morgan fingerprint density at radius 1 is 1.26 bits per heavy atom. The Morgan fingerprint density at radius 2 is 2.03 bits per heavy atom. The molecule has 2 aliphatic heterocycles. The maximum absolute atomic E-state index is 12.4. The standard InChI is InChI=1S/C30H33N5O3S/c1-29(2,3)30-13-12-21(35(30)28(36)37)17-34(18-30)26-24(16-31)25(32-27(33-26)39-5)11-10-20-15-22(38-4)14-19-8-6-7-9-23(19)20/h6-11,14-15,21H,12-13,17-18H2,1-5H3,(H,36,37)/b11-10+/t21-,30-/m0/s1. The summed E-state index contributed by atoms with van der Waals surface area (Å²) in [6.07, 6.45) is 6.43. The lowest BCUT2D eigenvalue weighted by atomic mass is 9.71. The first kappa shape index (κ1) is 26.8. The van der Waals surface area contributed by atoms with Crippen molar-refractivity contribution >= 4 is 46.6 Å². The second-order valence-electron chi connectivity index (χ2n) is 11.2. The Hall–Kier alpha value is -3.77. The van der Waals surface area contributed by atoms with E-state index in [4.69, 9.17) is 14.7 Å². The van der Waals surface area contributed by atoms with Crippen LogP contribution in [-0.4, -0.2) is 64.1 Å². The summed E-state index contributed by atoms with van der Waals surface area (Å²) in [7, 11) is 1.65. The van der Waals surface area contributed by atoms with Crippen molar-refractivity contribution in [1.29, 1.82) is 5.26 Å². The summed E-state index contributed by atoms with van der Waals surface area (Å²) >= 11 is 1.42. The normalized spacial score (nSPS) is 21.0. The van der Waals surface area contributed by atoms with Gasteiger partial charge in [-0.15, -0.1) is 0 Å². The summed E-state index contributed by atoms with van der Waals surface area (Å²) in [5.74, 6) is 1.32. The van der Waals surface area contributed by atoms with Gasteiger partial charge in [0, 0.05) is 13.1 Å². The minimum absolute atomic E-state index is 0.156. The van der Waals surface area contributed by atoms with E-state index in [9.17, 15) is 15.2 Å². The molecule has 3 aromatic rings. The van der Waals surface area contributed by atoms with Crippen molar-refractivity contribution in [3.05, 3.63) is 53.2 Å². The molecule has 2 aromatic carbocycles. The maximum atomic E-state index is 12.4. The van der Waals surface area contributed by atoms with Gasteiger partial charge in [0.1, 0.15) is 17.4 Å². The van der Waals surface area contributed by atoms with Crippen molar-refractivity contribution in [2.45, 2.75) is 50.4 Å². The number of carbonyl (C=O) groups is 1. The van der Waals surface area contributed by atoms with Crippen LogP contribution in [-0.2, 0) is 0 Å². The van der Waals surface area contributed by atoms with Crippen LogP contribution in [0.4, 0.5) is 10.6 Å². The van der Waals surface area contributed by atoms with Gasteiger partial charge in [-0.2, -0.15) is 5.26 Å². The molecule has 2 aliphatic rings. The highest BCUT2D eigenvalue weighted by molar-refractivity contribution is 7.98. The zero-order chi connectivity index (χ0) is 27.9. The molecule has 1 aromatic heterocycles. The fourth-order valence-electron chi connectivity index (χ4n) is 6.17. The first-order valence-electron chi connectivity index (χ1n) is 13.0. The first-order valence-corrected chi connectivity index (χ1v) is 14.2. The summed E-state index contributed by atoms with van der Waals surface area (Å²) in [4.78, 5) is 25.6. The number of piperazine rings is 1. The maximum Gasteiger partial charge on any atom is 0.408 e. The molecule has 1 N–H and O–H groups in total. The van der Waals surface area contributed by atoms with E-state index in [0.29, 0.717) is 35.3 Å². The molecule has 2 saturated heterocycles. The van der Waals surface area contributed by atoms with Gasteiger partial charge in [0.15, 0.2) is 11.0 Å². The van der Waals surface area contributed by atoms with Crippen molar-refractivity contribution in [3.63, 3.8) is 0 Å². The van der Waals surface area contributed by atoms with E-state index in [0.717, 1.165) is 34.9 Å². The predicted octanol–water partition coefficient (Wildman–Crippen LogP) is 6.15. The number of ether oxygens (including phenoxy) is 1. The molecular formula is C30H33N5O3S.